The molecular weight excluding hydrogens is 438 g/mol. The summed E-state index contributed by atoms with van der Waals surface area (Å²) in [6.45, 7) is 0.319. The van der Waals surface area contributed by atoms with Gasteiger partial charge in [0.2, 0.25) is 0 Å². The summed E-state index contributed by atoms with van der Waals surface area (Å²) >= 11 is 0. The summed E-state index contributed by atoms with van der Waals surface area (Å²) in [6, 6.07) is 24.4. The molecule has 2 fully saturated rings. The number of benzene rings is 3. The van der Waals surface area contributed by atoms with E-state index in [2.05, 4.69) is 36.4 Å². The third-order valence-corrected chi connectivity index (χ3v) is 8.16. The lowest BCUT2D eigenvalue weighted by Crippen LogP contribution is -2.59. The molecule has 5 heteroatoms. The van der Waals surface area contributed by atoms with Crippen molar-refractivity contribution in [2.45, 2.75) is 55.7 Å². The Morgan fingerprint density at radius 2 is 1.49 bits per heavy atom. The number of carbonyl (C=O) groups is 1. The van der Waals surface area contributed by atoms with Gasteiger partial charge in [-0.25, -0.2) is 4.79 Å². The van der Waals surface area contributed by atoms with Crippen molar-refractivity contribution in [1.82, 2.24) is 4.90 Å². The van der Waals surface area contributed by atoms with Gasteiger partial charge in [0.15, 0.2) is 0 Å². The number of piperidine rings is 2. The van der Waals surface area contributed by atoms with Gasteiger partial charge in [0, 0.05) is 36.4 Å². The number of hydrogen-bond donors (Lipinski definition) is 1. The van der Waals surface area contributed by atoms with Crippen LogP contribution in [-0.2, 0) is 10.3 Å². The standard InChI is InChI=1S/C30H31NO4/c1-34-28-16-7-6-15-27(28)30(33)17-20-9-8-10-21(18-30)31(20)29(32)35-19-26-24-13-4-2-11-22(24)23-12-3-5-14-25(23)26/h2-7,11-16,20-21,26,33H,8-10,17-19H2,1H3. The van der Waals surface area contributed by atoms with E-state index in [0.717, 1.165) is 24.8 Å². The Morgan fingerprint density at radius 3 is 2.11 bits per heavy atom. The Hall–Kier alpha value is -3.31. The summed E-state index contributed by atoms with van der Waals surface area (Å²) in [6.07, 6.45) is 3.53. The number of rotatable bonds is 4. The van der Waals surface area contributed by atoms with Crippen LogP contribution in [0.25, 0.3) is 11.1 Å². The fourth-order valence-electron chi connectivity index (χ4n) is 6.64. The molecule has 35 heavy (non-hydrogen) atoms. The number of nitrogens with zero attached hydrogens (tertiary/aromatic N) is 1. The van der Waals surface area contributed by atoms with Gasteiger partial charge in [0.25, 0.3) is 0 Å². The first kappa shape index (κ1) is 22.2. The highest BCUT2D eigenvalue weighted by molar-refractivity contribution is 5.79. The van der Waals surface area contributed by atoms with Gasteiger partial charge >= 0.3 is 6.09 Å². The number of methoxy groups -OCH3 is 1. The molecule has 0 saturated carbocycles. The largest absolute Gasteiger partial charge is 0.496 e. The topological polar surface area (TPSA) is 59.0 Å². The Morgan fingerprint density at radius 1 is 0.914 bits per heavy atom. The van der Waals surface area contributed by atoms with Crippen LogP contribution in [0, 0.1) is 0 Å². The lowest BCUT2D eigenvalue weighted by Gasteiger charge is -2.51. The second-order valence-electron chi connectivity index (χ2n) is 10.1. The Bertz CT molecular complexity index is 1190. The minimum Gasteiger partial charge on any atom is -0.496 e. The quantitative estimate of drug-likeness (QED) is 0.521. The highest BCUT2D eigenvalue weighted by Crippen LogP contribution is 2.48. The summed E-state index contributed by atoms with van der Waals surface area (Å²) in [5, 5.41) is 11.7. The van der Waals surface area contributed by atoms with Crippen molar-refractivity contribution < 1.29 is 19.4 Å². The highest BCUT2D eigenvalue weighted by Gasteiger charge is 2.49. The molecule has 2 heterocycles. The molecule has 2 saturated heterocycles. The van der Waals surface area contributed by atoms with Crippen molar-refractivity contribution in [2.24, 2.45) is 0 Å². The zero-order valence-electron chi connectivity index (χ0n) is 20.0. The molecule has 0 radical (unpaired) electrons. The fraction of sp³-hybridized carbons (Fsp3) is 0.367. The van der Waals surface area contributed by atoms with E-state index in [0.29, 0.717) is 25.2 Å². The molecule has 2 aliphatic heterocycles. The molecule has 1 aliphatic carbocycles. The molecule has 1 N–H and O–H groups in total. The summed E-state index contributed by atoms with van der Waals surface area (Å²) in [5.74, 6) is 0.740. The van der Waals surface area contributed by atoms with Crippen molar-refractivity contribution in [3.63, 3.8) is 0 Å². The molecule has 3 aromatic carbocycles. The van der Waals surface area contributed by atoms with E-state index in [-0.39, 0.29) is 24.1 Å². The SMILES string of the molecule is COc1ccccc1C1(O)CC2CCCC(C1)N2C(=O)OCC1c2ccccc2-c2ccccc21. The minimum absolute atomic E-state index is 0.0430. The van der Waals surface area contributed by atoms with E-state index in [1.165, 1.54) is 22.3 Å². The van der Waals surface area contributed by atoms with E-state index < -0.39 is 5.60 Å². The van der Waals surface area contributed by atoms with Crippen LogP contribution in [0.15, 0.2) is 72.8 Å². The van der Waals surface area contributed by atoms with Crippen LogP contribution in [0.2, 0.25) is 0 Å². The Labute approximate surface area is 206 Å². The first-order chi connectivity index (χ1) is 17.1. The molecule has 180 valence electrons. The first-order valence-corrected chi connectivity index (χ1v) is 12.6. The van der Waals surface area contributed by atoms with Crippen LogP contribution in [-0.4, -0.2) is 41.9 Å². The van der Waals surface area contributed by atoms with E-state index in [4.69, 9.17) is 9.47 Å². The molecule has 2 unspecified atom stereocenters. The van der Waals surface area contributed by atoms with Crippen molar-refractivity contribution in [1.29, 1.82) is 0 Å². The third-order valence-electron chi connectivity index (χ3n) is 8.16. The number of hydrogen-bond acceptors (Lipinski definition) is 4. The van der Waals surface area contributed by atoms with Gasteiger partial charge in [-0.2, -0.15) is 0 Å². The zero-order chi connectivity index (χ0) is 24.0. The van der Waals surface area contributed by atoms with Gasteiger partial charge in [-0.15, -0.1) is 0 Å². The third kappa shape index (κ3) is 3.69. The minimum atomic E-state index is -1.01. The molecule has 1 amide bonds. The van der Waals surface area contributed by atoms with E-state index in [9.17, 15) is 9.90 Å². The molecule has 5 nitrogen and oxygen atoms in total. The second kappa shape index (κ2) is 8.72. The monoisotopic (exact) mass is 469 g/mol. The van der Waals surface area contributed by atoms with Crippen molar-refractivity contribution >= 4 is 6.09 Å². The molecule has 0 spiro atoms. The van der Waals surface area contributed by atoms with Crippen molar-refractivity contribution in [2.75, 3.05) is 13.7 Å². The predicted octanol–water partition coefficient (Wildman–Crippen LogP) is 5.85. The summed E-state index contributed by atoms with van der Waals surface area (Å²) in [7, 11) is 1.63. The van der Waals surface area contributed by atoms with E-state index >= 15 is 0 Å². The van der Waals surface area contributed by atoms with Crippen LogP contribution in [0.5, 0.6) is 5.75 Å². The summed E-state index contributed by atoms with van der Waals surface area (Å²) in [5.41, 5.74) is 4.67. The maximum Gasteiger partial charge on any atom is 0.410 e. The van der Waals surface area contributed by atoms with Crippen LogP contribution < -0.4 is 4.74 Å². The molecule has 2 atom stereocenters. The number of para-hydroxylation sites is 1. The molecule has 0 aromatic heterocycles. The second-order valence-corrected chi connectivity index (χ2v) is 10.1. The smallest absolute Gasteiger partial charge is 0.410 e. The molecule has 3 aliphatic rings. The first-order valence-electron chi connectivity index (χ1n) is 12.6. The highest BCUT2D eigenvalue weighted by atomic mass is 16.6. The molecule has 2 bridgehead atoms. The van der Waals surface area contributed by atoms with Gasteiger partial charge in [-0.1, -0.05) is 66.7 Å². The van der Waals surface area contributed by atoms with Crippen LogP contribution in [0.3, 0.4) is 0 Å². The molecule has 3 aromatic rings. The average Bonchev–Trinajstić information content (AvgIpc) is 3.20. The fourth-order valence-corrected chi connectivity index (χ4v) is 6.64. The molecular formula is C30H31NO4. The number of carbonyl (C=O) groups excluding carboxylic acids is 1. The lowest BCUT2D eigenvalue weighted by atomic mass is 9.72. The van der Waals surface area contributed by atoms with Gasteiger partial charge in [-0.3, -0.25) is 0 Å². The summed E-state index contributed by atoms with van der Waals surface area (Å²) < 4.78 is 11.6. The number of aliphatic hydroxyl groups is 1. The van der Waals surface area contributed by atoms with Crippen molar-refractivity contribution in [3.8, 4) is 16.9 Å². The average molecular weight is 470 g/mol. The molecule has 6 rings (SSSR count). The zero-order valence-corrected chi connectivity index (χ0v) is 20.0. The van der Waals surface area contributed by atoms with Gasteiger partial charge in [0.05, 0.1) is 12.7 Å². The predicted molar refractivity (Wildman–Crippen MR) is 134 cm³/mol. The maximum atomic E-state index is 13.5. The van der Waals surface area contributed by atoms with E-state index in [1.54, 1.807) is 7.11 Å². The van der Waals surface area contributed by atoms with Crippen LogP contribution in [0.4, 0.5) is 4.79 Å². The van der Waals surface area contributed by atoms with Gasteiger partial charge < -0.3 is 19.5 Å². The Balaban J connectivity index is 1.21. The lowest BCUT2D eigenvalue weighted by molar-refractivity contribution is -0.0899. The summed E-state index contributed by atoms with van der Waals surface area (Å²) in [4.78, 5) is 15.4. The normalized spacial score (nSPS) is 25.0. The van der Waals surface area contributed by atoms with Gasteiger partial charge in [-0.05, 0) is 47.6 Å². The van der Waals surface area contributed by atoms with Crippen LogP contribution in [0.1, 0.15) is 54.7 Å². The Kier molecular flexibility index (Phi) is 5.53. The van der Waals surface area contributed by atoms with E-state index in [1.807, 2.05) is 41.3 Å². The van der Waals surface area contributed by atoms with Gasteiger partial charge in [0.1, 0.15) is 12.4 Å². The number of fused-ring (bicyclic) bond motifs is 5. The van der Waals surface area contributed by atoms with Crippen LogP contribution >= 0.6 is 0 Å². The van der Waals surface area contributed by atoms with Crippen molar-refractivity contribution in [3.05, 3.63) is 89.5 Å². The number of ether oxygens (including phenoxy) is 2. The maximum absolute atomic E-state index is 13.5. The number of amides is 1.